The van der Waals surface area contributed by atoms with Gasteiger partial charge in [0.25, 0.3) is 0 Å². The van der Waals surface area contributed by atoms with Gasteiger partial charge in [-0.05, 0) is 31.5 Å². The van der Waals surface area contributed by atoms with Gasteiger partial charge in [0.15, 0.2) is 0 Å². The lowest BCUT2D eigenvalue weighted by molar-refractivity contribution is 0.698. The Morgan fingerprint density at radius 2 is 2.27 bits per heavy atom. The molecule has 0 bridgehead atoms. The summed E-state index contributed by atoms with van der Waals surface area (Å²) in [5, 5.41) is 0. The summed E-state index contributed by atoms with van der Waals surface area (Å²) in [5.74, 6) is 2.44. The molecular weight excluding hydrogens is 204 g/mol. The predicted octanol–water partition coefficient (Wildman–Crippen LogP) is 2.52. The molecule has 15 heavy (non-hydrogen) atoms. The van der Waals surface area contributed by atoms with Crippen molar-refractivity contribution in [2.45, 2.75) is 19.9 Å². The molecule has 1 fully saturated rings. The molecule has 0 amide bonds. The van der Waals surface area contributed by atoms with Gasteiger partial charge in [-0.25, -0.2) is 0 Å². The summed E-state index contributed by atoms with van der Waals surface area (Å²) in [6.45, 7) is 5.53. The van der Waals surface area contributed by atoms with Gasteiger partial charge in [0.1, 0.15) is 0 Å². The second kappa shape index (κ2) is 4.35. The van der Waals surface area contributed by atoms with Crippen molar-refractivity contribution in [2.75, 3.05) is 28.7 Å². The van der Waals surface area contributed by atoms with E-state index in [9.17, 15) is 0 Å². The molecule has 1 aliphatic heterocycles. The van der Waals surface area contributed by atoms with E-state index in [4.69, 9.17) is 5.73 Å². The summed E-state index contributed by atoms with van der Waals surface area (Å²) in [6, 6.07) is 6.82. The largest absolute Gasteiger partial charge is 0.398 e. The zero-order valence-corrected chi connectivity index (χ0v) is 10.2. The zero-order valence-electron chi connectivity index (χ0n) is 9.36. The first-order chi connectivity index (χ1) is 7.20. The Bertz CT molecular complexity index is 351. The molecule has 0 spiro atoms. The summed E-state index contributed by atoms with van der Waals surface area (Å²) >= 11 is 2.04. The molecule has 1 aliphatic rings. The Morgan fingerprint density at radius 3 is 3.00 bits per heavy atom. The number of benzene rings is 1. The average molecular weight is 222 g/mol. The topological polar surface area (TPSA) is 29.3 Å². The van der Waals surface area contributed by atoms with Gasteiger partial charge in [-0.1, -0.05) is 6.07 Å². The molecule has 1 heterocycles. The predicted molar refractivity (Wildman–Crippen MR) is 69.7 cm³/mol. The molecule has 1 aromatic rings. The number of nitrogen functional groups attached to an aromatic ring is 1. The average Bonchev–Trinajstić information content (AvgIpc) is 2.23. The Hall–Kier alpha value is -0.830. The minimum Gasteiger partial charge on any atom is -0.398 e. The van der Waals surface area contributed by atoms with Crippen LogP contribution in [0.3, 0.4) is 0 Å². The minimum atomic E-state index is 0.615. The van der Waals surface area contributed by atoms with Gasteiger partial charge in [0.05, 0.1) is 0 Å². The van der Waals surface area contributed by atoms with Crippen LogP contribution in [0.25, 0.3) is 0 Å². The molecule has 0 saturated carbocycles. The van der Waals surface area contributed by atoms with Gasteiger partial charge in [-0.3, -0.25) is 0 Å². The van der Waals surface area contributed by atoms with Gasteiger partial charge in [0.2, 0.25) is 0 Å². The van der Waals surface area contributed by atoms with Gasteiger partial charge in [0, 0.05) is 35.5 Å². The molecule has 1 saturated heterocycles. The van der Waals surface area contributed by atoms with Crippen molar-refractivity contribution in [1.29, 1.82) is 0 Å². The number of rotatable bonds is 1. The molecule has 1 atom stereocenters. The van der Waals surface area contributed by atoms with Crippen LogP contribution in [0.2, 0.25) is 0 Å². The fourth-order valence-corrected chi connectivity index (χ4v) is 3.05. The van der Waals surface area contributed by atoms with Crippen LogP contribution >= 0.6 is 11.8 Å². The molecule has 82 valence electrons. The summed E-state index contributed by atoms with van der Waals surface area (Å²) < 4.78 is 0. The van der Waals surface area contributed by atoms with E-state index < -0.39 is 0 Å². The van der Waals surface area contributed by atoms with E-state index in [2.05, 4.69) is 24.8 Å². The summed E-state index contributed by atoms with van der Waals surface area (Å²) in [5.41, 5.74) is 9.37. The van der Waals surface area contributed by atoms with E-state index in [1.54, 1.807) is 0 Å². The van der Waals surface area contributed by atoms with E-state index in [-0.39, 0.29) is 0 Å². The first kappa shape index (κ1) is 10.7. The van der Waals surface area contributed by atoms with Crippen molar-refractivity contribution in [3.8, 4) is 0 Å². The van der Waals surface area contributed by atoms with Gasteiger partial charge in [-0.15, -0.1) is 0 Å². The Kier molecular flexibility index (Phi) is 3.10. The number of nitrogens with two attached hydrogens (primary N) is 1. The minimum absolute atomic E-state index is 0.615. The fourth-order valence-electron chi connectivity index (χ4n) is 2.04. The van der Waals surface area contributed by atoms with Crippen LogP contribution in [0.5, 0.6) is 0 Å². The second-order valence-corrected chi connectivity index (χ2v) is 5.26. The molecule has 2 rings (SSSR count). The van der Waals surface area contributed by atoms with Crippen molar-refractivity contribution in [3.63, 3.8) is 0 Å². The van der Waals surface area contributed by atoms with Gasteiger partial charge < -0.3 is 10.6 Å². The first-order valence-corrected chi connectivity index (χ1v) is 6.55. The van der Waals surface area contributed by atoms with Crippen LogP contribution in [0.1, 0.15) is 12.5 Å². The van der Waals surface area contributed by atoms with E-state index in [1.807, 2.05) is 23.9 Å². The third-order valence-electron chi connectivity index (χ3n) is 3.02. The summed E-state index contributed by atoms with van der Waals surface area (Å²) in [7, 11) is 0. The number of thioether (sulfide) groups is 1. The normalized spacial score (nSPS) is 21.7. The van der Waals surface area contributed by atoms with Crippen molar-refractivity contribution in [3.05, 3.63) is 23.8 Å². The number of hydrogen-bond acceptors (Lipinski definition) is 3. The molecule has 2 nitrogen and oxygen atoms in total. The van der Waals surface area contributed by atoms with E-state index in [0.29, 0.717) is 6.04 Å². The van der Waals surface area contributed by atoms with Crippen LogP contribution < -0.4 is 10.6 Å². The molecule has 0 radical (unpaired) electrons. The molecule has 0 aromatic heterocycles. The molecular formula is C12H18N2S. The number of anilines is 2. The Labute approximate surface area is 95.8 Å². The fraction of sp³-hybridized carbons (Fsp3) is 0.500. The van der Waals surface area contributed by atoms with Crippen LogP contribution in [-0.4, -0.2) is 24.1 Å². The van der Waals surface area contributed by atoms with Crippen molar-refractivity contribution < 1.29 is 0 Å². The van der Waals surface area contributed by atoms with E-state index >= 15 is 0 Å². The van der Waals surface area contributed by atoms with Crippen LogP contribution in [0, 0.1) is 6.92 Å². The van der Waals surface area contributed by atoms with Gasteiger partial charge >= 0.3 is 0 Å². The summed E-state index contributed by atoms with van der Waals surface area (Å²) in [6.07, 6.45) is 0. The third-order valence-corrected chi connectivity index (χ3v) is 4.21. The first-order valence-electron chi connectivity index (χ1n) is 5.39. The van der Waals surface area contributed by atoms with Crippen molar-refractivity contribution in [1.82, 2.24) is 0 Å². The third kappa shape index (κ3) is 2.07. The maximum Gasteiger partial charge on any atom is 0.0419 e. The highest BCUT2D eigenvalue weighted by molar-refractivity contribution is 7.99. The monoisotopic (exact) mass is 222 g/mol. The maximum atomic E-state index is 5.94. The highest BCUT2D eigenvalue weighted by atomic mass is 32.2. The molecule has 1 unspecified atom stereocenters. The van der Waals surface area contributed by atoms with Gasteiger partial charge in [-0.2, -0.15) is 11.8 Å². The lowest BCUT2D eigenvalue weighted by Gasteiger charge is -2.36. The lowest BCUT2D eigenvalue weighted by atomic mass is 10.1. The maximum absolute atomic E-state index is 5.94. The summed E-state index contributed by atoms with van der Waals surface area (Å²) in [4.78, 5) is 2.47. The zero-order chi connectivity index (χ0) is 10.8. The molecule has 3 heteroatoms. The number of hydrogen-bond donors (Lipinski definition) is 1. The Balaban J connectivity index is 2.31. The lowest BCUT2D eigenvalue weighted by Crippen LogP contribution is -2.40. The van der Waals surface area contributed by atoms with Crippen LogP contribution in [0.15, 0.2) is 18.2 Å². The highest BCUT2D eigenvalue weighted by Gasteiger charge is 2.20. The highest BCUT2D eigenvalue weighted by Crippen LogP contribution is 2.29. The standard InChI is InChI=1S/C12H18N2S/c1-9-8-15-7-6-14(9)12-5-3-4-11(13)10(12)2/h3-5,9H,6-8,13H2,1-2H3. The smallest absolute Gasteiger partial charge is 0.0419 e. The van der Waals surface area contributed by atoms with E-state index in [1.165, 1.54) is 22.8 Å². The van der Waals surface area contributed by atoms with Crippen LogP contribution in [0.4, 0.5) is 11.4 Å². The number of nitrogens with zero attached hydrogens (tertiary/aromatic N) is 1. The van der Waals surface area contributed by atoms with Crippen molar-refractivity contribution >= 4 is 23.1 Å². The molecule has 2 N–H and O–H groups in total. The quantitative estimate of drug-likeness (QED) is 0.740. The van der Waals surface area contributed by atoms with Crippen LogP contribution in [-0.2, 0) is 0 Å². The Morgan fingerprint density at radius 1 is 1.47 bits per heavy atom. The molecule has 0 aliphatic carbocycles. The molecule has 1 aromatic carbocycles. The SMILES string of the molecule is Cc1c(N)cccc1N1CCSCC1C. The van der Waals surface area contributed by atoms with E-state index in [0.717, 1.165) is 12.2 Å². The van der Waals surface area contributed by atoms with Crippen molar-refractivity contribution in [2.24, 2.45) is 0 Å². The second-order valence-electron chi connectivity index (χ2n) is 4.11.